The van der Waals surface area contributed by atoms with Crippen molar-refractivity contribution in [1.82, 2.24) is 15.1 Å². The maximum Gasteiger partial charge on any atom is 0.410 e. The first kappa shape index (κ1) is 20.8. The summed E-state index contributed by atoms with van der Waals surface area (Å²) in [6.07, 6.45) is 3.65. The number of carbonyl (C=O) groups excluding carboxylic acids is 1. The number of rotatable bonds is 5. The van der Waals surface area contributed by atoms with E-state index in [-0.39, 0.29) is 18.6 Å². The summed E-state index contributed by atoms with van der Waals surface area (Å²) in [5, 5.41) is 17.3. The van der Waals surface area contributed by atoms with Gasteiger partial charge in [-0.3, -0.25) is 5.10 Å². The van der Waals surface area contributed by atoms with E-state index in [1.165, 1.54) is 0 Å². The Morgan fingerprint density at radius 3 is 2.77 bits per heavy atom. The average Bonchev–Trinajstić information content (AvgIpc) is 3.20. The number of likely N-dealkylation sites (tertiary alicyclic amines) is 1. The van der Waals surface area contributed by atoms with E-state index in [1.54, 1.807) is 4.90 Å². The fourth-order valence-corrected chi connectivity index (χ4v) is 4.52. The van der Waals surface area contributed by atoms with Crippen LogP contribution in [-0.4, -0.2) is 34.3 Å². The molecule has 0 unspecified atom stereocenters. The van der Waals surface area contributed by atoms with E-state index in [1.807, 2.05) is 30.3 Å². The first-order valence-corrected chi connectivity index (χ1v) is 10.7. The van der Waals surface area contributed by atoms with Gasteiger partial charge in [0, 0.05) is 29.8 Å². The normalized spacial score (nSPS) is 17.1. The molecule has 1 spiro atoms. The summed E-state index contributed by atoms with van der Waals surface area (Å²) >= 11 is 0. The second kappa shape index (κ2) is 8.72. The number of benzene rings is 1. The number of carbonyl (C=O) groups is 1. The van der Waals surface area contributed by atoms with Crippen molar-refractivity contribution in [3.8, 4) is 11.9 Å². The standard InChI is InChI=1S/C23H27N5O3/c1-2-3-9-18-19-21(27-26-18)31-20(25)17(14-24)23(19)10-12-28(13-11-23)22(29)30-15-16-7-5-4-6-8-16/h4-8H,2-3,9-13,15,25H2,1H3,(H,26,27). The Morgan fingerprint density at radius 2 is 2.10 bits per heavy atom. The monoisotopic (exact) mass is 421 g/mol. The summed E-state index contributed by atoms with van der Waals surface area (Å²) in [4.78, 5) is 14.3. The van der Waals surface area contributed by atoms with Gasteiger partial charge in [-0.15, -0.1) is 5.10 Å². The number of unbranched alkanes of at least 4 members (excludes halogenated alkanes) is 1. The number of piperidine rings is 1. The van der Waals surface area contributed by atoms with Gasteiger partial charge in [-0.1, -0.05) is 43.7 Å². The van der Waals surface area contributed by atoms with Crippen LogP contribution in [0, 0.1) is 11.3 Å². The van der Waals surface area contributed by atoms with Gasteiger partial charge in [0.1, 0.15) is 18.2 Å². The molecule has 3 heterocycles. The molecule has 1 saturated heterocycles. The lowest BCUT2D eigenvalue weighted by atomic mass is 9.66. The number of hydrogen-bond acceptors (Lipinski definition) is 6. The second-order valence-electron chi connectivity index (χ2n) is 8.05. The molecule has 1 amide bonds. The highest BCUT2D eigenvalue weighted by Gasteiger charge is 2.49. The van der Waals surface area contributed by atoms with Crippen molar-refractivity contribution in [3.63, 3.8) is 0 Å². The maximum absolute atomic E-state index is 12.6. The van der Waals surface area contributed by atoms with Crippen LogP contribution in [0.2, 0.25) is 0 Å². The molecule has 0 radical (unpaired) electrons. The minimum Gasteiger partial charge on any atom is -0.445 e. The highest BCUT2D eigenvalue weighted by molar-refractivity contribution is 5.68. The molecule has 2 aromatic rings. The predicted molar refractivity (Wildman–Crippen MR) is 114 cm³/mol. The van der Waals surface area contributed by atoms with Gasteiger partial charge >= 0.3 is 6.09 Å². The lowest BCUT2D eigenvalue weighted by Gasteiger charge is -2.43. The summed E-state index contributed by atoms with van der Waals surface area (Å²) in [5.74, 6) is 0.548. The molecule has 0 bridgehead atoms. The molecular formula is C23H27N5O3. The molecule has 8 heteroatoms. The molecule has 2 aliphatic rings. The summed E-state index contributed by atoms with van der Waals surface area (Å²) in [6, 6.07) is 11.9. The molecule has 2 aliphatic heterocycles. The van der Waals surface area contributed by atoms with Crippen LogP contribution < -0.4 is 10.5 Å². The third kappa shape index (κ3) is 3.83. The number of fused-ring (bicyclic) bond motifs is 2. The molecule has 0 atom stereocenters. The van der Waals surface area contributed by atoms with Gasteiger partial charge in [0.25, 0.3) is 0 Å². The van der Waals surface area contributed by atoms with E-state index >= 15 is 0 Å². The van der Waals surface area contributed by atoms with E-state index in [2.05, 4.69) is 23.2 Å². The predicted octanol–water partition coefficient (Wildman–Crippen LogP) is 3.51. The van der Waals surface area contributed by atoms with E-state index in [4.69, 9.17) is 15.2 Å². The van der Waals surface area contributed by atoms with Crippen LogP contribution in [0.4, 0.5) is 4.79 Å². The average molecular weight is 422 g/mol. The molecule has 31 heavy (non-hydrogen) atoms. The molecule has 8 nitrogen and oxygen atoms in total. The first-order chi connectivity index (χ1) is 15.1. The third-order valence-electron chi connectivity index (χ3n) is 6.19. The number of aromatic amines is 1. The minimum atomic E-state index is -0.599. The topological polar surface area (TPSA) is 117 Å². The zero-order valence-corrected chi connectivity index (χ0v) is 17.7. The molecule has 4 rings (SSSR count). The molecule has 162 valence electrons. The van der Waals surface area contributed by atoms with Gasteiger partial charge in [-0.2, -0.15) is 5.26 Å². The number of nitriles is 1. The zero-order valence-electron chi connectivity index (χ0n) is 17.7. The lowest BCUT2D eigenvalue weighted by Crippen LogP contribution is -2.48. The largest absolute Gasteiger partial charge is 0.445 e. The Bertz CT molecular complexity index is 1010. The summed E-state index contributed by atoms with van der Waals surface area (Å²) in [7, 11) is 0. The number of H-pyrrole nitrogens is 1. The van der Waals surface area contributed by atoms with Crippen molar-refractivity contribution >= 4 is 6.09 Å². The Balaban J connectivity index is 1.53. The fourth-order valence-electron chi connectivity index (χ4n) is 4.52. The summed E-state index contributed by atoms with van der Waals surface area (Å²) in [5.41, 5.74) is 8.78. The van der Waals surface area contributed by atoms with E-state index in [9.17, 15) is 10.1 Å². The summed E-state index contributed by atoms with van der Waals surface area (Å²) in [6.45, 7) is 3.29. The smallest absolute Gasteiger partial charge is 0.410 e. The van der Waals surface area contributed by atoms with Crippen LogP contribution in [-0.2, 0) is 23.2 Å². The van der Waals surface area contributed by atoms with Gasteiger partial charge in [-0.25, -0.2) is 4.79 Å². The number of aromatic nitrogens is 2. The molecule has 0 saturated carbocycles. The number of hydrogen-bond donors (Lipinski definition) is 2. The second-order valence-corrected chi connectivity index (χ2v) is 8.05. The Hall–Kier alpha value is -3.47. The van der Waals surface area contributed by atoms with Gasteiger partial charge < -0.3 is 20.1 Å². The van der Waals surface area contributed by atoms with Gasteiger partial charge in [0.05, 0.1) is 0 Å². The lowest BCUT2D eigenvalue weighted by molar-refractivity contribution is 0.0800. The van der Waals surface area contributed by atoms with Crippen molar-refractivity contribution in [2.75, 3.05) is 13.1 Å². The van der Waals surface area contributed by atoms with Crippen molar-refractivity contribution < 1.29 is 14.3 Å². The van der Waals surface area contributed by atoms with Gasteiger partial charge in [0.15, 0.2) is 0 Å². The molecule has 3 N–H and O–H groups in total. The van der Waals surface area contributed by atoms with Gasteiger partial charge in [-0.05, 0) is 31.2 Å². The maximum atomic E-state index is 12.6. The van der Waals surface area contributed by atoms with Crippen LogP contribution >= 0.6 is 0 Å². The highest BCUT2D eigenvalue weighted by Crippen LogP contribution is 2.50. The molecule has 0 aliphatic carbocycles. The fraction of sp³-hybridized carbons (Fsp3) is 0.435. The number of aryl methyl sites for hydroxylation is 1. The quantitative estimate of drug-likeness (QED) is 0.763. The number of nitrogens with two attached hydrogens (primary N) is 1. The Morgan fingerprint density at radius 1 is 1.35 bits per heavy atom. The summed E-state index contributed by atoms with van der Waals surface area (Å²) < 4.78 is 11.2. The van der Waals surface area contributed by atoms with Gasteiger partial charge in [0.2, 0.25) is 11.8 Å². The van der Waals surface area contributed by atoms with Crippen LogP contribution in [0.25, 0.3) is 0 Å². The molecule has 1 aromatic carbocycles. The van der Waals surface area contributed by atoms with Crippen molar-refractivity contribution in [2.24, 2.45) is 5.73 Å². The van der Waals surface area contributed by atoms with Crippen molar-refractivity contribution in [2.45, 2.75) is 51.0 Å². The highest BCUT2D eigenvalue weighted by atomic mass is 16.6. The van der Waals surface area contributed by atoms with Crippen molar-refractivity contribution in [3.05, 3.63) is 58.6 Å². The van der Waals surface area contributed by atoms with Crippen LogP contribution in [0.1, 0.15) is 49.4 Å². The van der Waals surface area contributed by atoms with Crippen LogP contribution in [0.5, 0.6) is 5.88 Å². The Labute approximate surface area is 181 Å². The van der Waals surface area contributed by atoms with E-state index < -0.39 is 5.41 Å². The number of allylic oxidation sites excluding steroid dienone is 1. The number of nitrogens with zero attached hydrogens (tertiary/aromatic N) is 3. The number of ether oxygens (including phenoxy) is 2. The third-order valence-corrected chi connectivity index (χ3v) is 6.19. The van der Waals surface area contributed by atoms with Crippen LogP contribution in [0.3, 0.4) is 0 Å². The van der Waals surface area contributed by atoms with E-state index in [0.717, 1.165) is 36.1 Å². The van der Waals surface area contributed by atoms with E-state index in [0.29, 0.717) is 37.4 Å². The SMILES string of the molecule is CCCCc1[nH]nc2c1C1(CCN(C(=O)OCc3ccccc3)CC1)C(C#N)=C(N)O2. The minimum absolute atomic E-state index is 0.101. The first-order valence-electron chi connectivity index (χ1n) is 10.7. The molecule has 1 aromatic heterocycles. The van der Waals surface area contributed by atoms with Crippen molar-refractivity contribution in [1.29, 1.82) is 5.26 Å². The molecule has 1 fully saturated rings. The Kier molecular flexibility index (Phi) is 5.85. The number of nitrogens with one attached hydrogen (secondary N) is 1. The number of amides is 1. The zero-order chi connectivity index (χ0) is 21.8. The van der Waals surface area contributed by atoms with Crippen LogP contribution in [0.15, 0.2) is 41.8 Å². The molecular weight excluding hydrogens is 394 g/mol.